The number of aromatic nitrogens is 1. The zero-order chi connectivity index (χ0) is 21.8. The Balaban J connectivity index is 1.47. The Morgan fingerprint density at radius 1 is 0.839 bits per heavy atom. The smallest absolute Gasteiger partial charge is 0.296 e. The fourth-order valence-electron chi connectivity index (χ4n) is 3.27. The number of oxazole rings is 1. The van der Waals surface area contributed by atoms with E-state index < -0.39 is 10.1 Å². The largest absolute Gasteiger partial charge is 0.441 e. The van der Waals surface area contributed by atoms with Crippen LogP contribution in [0.25, 0.3) is 22.6 Å². The zero-order valence-corrected chi connectivity index (χ0v) is 18.2. The molecule has 1 aromatic heterocycles. The van der Waals surface area contributed by atoms with E-state index in [1.54, 1.807) is 24.3 Å². The maximum absolute atomic E-state index is 12.4. The second-order valence-corrected chi connectivity index (χ2v) is 8.92. The van der Waals surface area contributed by atoms with Gasteiger partial charge in [0.25, 0.3) is 10.1 Å². The predicted molar refractivity (Wildman–Crippen MR) is 120 cm³/mol. The highest BCUT2D eigenvalue weighted by molar-refractivity contribution is 7.86. The van der Waals surface area contributed by atoms with Crippen LogP contribution in [0, 0.1) is 13.8 Å². The monoisotopic (exact) mass is 433 g/mol. The molecule has 0 unspecified atom stereocenters. The average Bonchev–Trinajstić information content (AvgIpc) is 3.15. The van der Waals surface area contributed by atoms with Gasteiger partial charge in [0.15, 0.2) is 0 Å². The SMILES string of the molecule is Cc1ccc(S(=O)(=O)OCCc2nc(-c3cccc(-c4ccccc4)c3)oc2C)cc1. The first kappa shape index (κ1) is 21.0. The van der Waals surface area contributed by atoms with E-state index in [9.17, 15) is 8.42 Å². The highest BCUT2D eigenvalue weighted by atomic mass is 32.2. The van der Waals surface area contributed by atoms with Crippen molar-refractivity contribution < 1.29 is 17.0 Å². The number of aryl methyl sites for hydroxylation is 2. The summed E-state index contributed by atoms with van der Waals surface area (Å²) in [5, 5.41) is 0. The predicted octanol–water partition coefficient (Wildman–Crippen LogP) is 5.57. The van der Waals surface area contributed by atoms with Gasteiger partial charge in [-0.1, -0.05) is 60.2 Å². The van der Waals surface area contributed by atoms with Crippen molar-refractivity contribution in [3.05, 3.63) is 95.9 Å². The fraction of sp³-hybridized carbons (Fsp3) is 0.160. The third kappa shape index (κ3) is 4.93. The van der Waals surface area contributed by atoms with Crippen LogP contribution in [0.2, 0.25) is 0 Å². The van der Waals surface area contributed by atoms with Crippen LogP contribution < -0.4 is 0 Å². The number of rotatable bonds is 7. The van der Waals surface area contributed by atoms with E-state index in [1.807, 2.05) is 56.3 Å². The second kappa shape index (κ2) is 8.88. The third-order valence-electron chi connectivity index (χ3n) is 5.00. The third-order valence-corrected chi connectivity index (χ3v) is 6.32. The fourth-order valence-corrected chi connectivity index (χ4v) is 4.18. The summed E-state index contributed by atoms with van der Waals surface area (Å²) < 4.78 is 35.8. The lowest BCUT2D eigenvalue weighted by molar-refractivity contribution is 0.320. The van der Waals surface area contributed by atoms with E-state index in [0.29, 0.717) is 23.8 Å². The Morgan fingerprint density at radius 2 is 1.52 bits per heavy atom. The molecule has 0 spiro atoms. The van der Waals surface area contributed by atoms with Crippen molar-refractivity contribution in [3.8, 4) is 22.6 Å². The molecule has 6 heteroatoms. The van der Waals surface area contributed by atoms with Gasteiger partial charge in [-0.2, -0.15) is 8.42 Å². The van der Waals surface area contributed by atoms with Crippen molar-refractivity contribution in [1.29, 1.82) is 0 Å². The molecule has 3 aromatic carbocycles. The molecule has 0 aliphatic rings. The molecule has 4 rings (SSSR count). The molecule has 0 bridgehead atoms. The molecule has 0 amide bonds. The van der Waals surface area contributed by atoms with Crippen LogP contribution in [-0.2, 0) is 20.7 Å². The van der Waals surface area contributed by atoms with Crippen molar-refractivity contribution in [3.63, 3.8) is 0 Å². The van der Waals surface area contributed by atoms with Crippen molar-refractivity contribution in [2.75, 3.05) is 6.61 Å². The first-order valence-corrected chi connectivity index (χ1v) is 11.4. The highest BCUT2D eigenvalue weighted by Crippen LogP contribution is 2.27. The molecule has 0 saturated carbocycles. The number of nitrogens with zero attached hydrogens (tertiary/aromatic N) is 1. The molecule has 31 heavy (non-hydrogen) atoms. The van der Waals surface area contributed by atoms with Crippen molar-refractivity contribution >= 4 is 10.1 Å². The van der Waals surface area contributed by atoms with Gasteiger partial charge in [0.05, 0.1) is 17.2 Å². The summed E-state index contributed by atoms with van der Waals surface area (Å²) in [5.74, 6) is 1.16. The summed E-state index contributed by atoms with van der Waals surface area (Å²) in [4.78, 5) is 4.72. The van der Waals surface area contributed by atoms with Crippen LogP contribution in [0.4, 0.5) is 0 Å². The van der Waals surface area contributed by atoms with Crippen molar-refractivity contribution in [1.82, 2.24) is 4.98 Å². The van der Waals surface area contributed by atoms with Gasteiger partial charge in [-0.3, -0.25) is 4.18 Å². The zero-order valence-electron chi connectivity index (χ0n) is 17.4. The molecule has 158 valence electrons. The molecule has 0 N–H and O–H groups in total. The molecule has 0 aliphatic carbocycles. The summed E-state index contributed by atoms with van der Waals surface area (Å²) in [6, 6.07) is 24.7. The van der Waals surface area contributed by atoms with Gasteiger partial charge in [-0.05, 0) is 49.2 Å². The van der Waals surface area contributed by atoms with Crippen LogP contribution in [0.15, 0.2) is 88.2 Å². The summed E-state index contributed by atoms with van der Waals surface area (Å²) in [6.07, 6.45) is 0.332. The molecule has 0 saturated heterocycles. The van der Waals surface area contributed by atoms with Gasteiger partial charge in [-0.25, -0.2) is 4.98 Å². The Morgan fingerprint density at radius 3 is 2.26 bits per heavy atom. The summed E-state index contributed by atoms with van der Waals surface area (Å²) in [7, 11) is -3.80. The lowest BCUT2D eigenvalue weighted by atomic mass is 10.0. The van der Waals surface area contributed by atoms with Crippen LogP contribution in [0.1, 0.15) is 17.0 Å². The standard InChI is InChI=1S/C25H23NO4S/c1-18-11-13-23(14-12-18)31(27,28)29-16-15-24-19(2)30-25(26-24)22-10-6-9-21(17-22)20-7-4-3-5-8-20/h3-14,17H,15-16H2,1-2H3. The lowest BCUT2D eigenvalue weighted by Gasteiger charge is -2.05. The van der Waals surface area contributed by atoms with E-state index >= 15 is 0 Å². The molecule has 0 aliphatic heterocycles. The number of hydrogen-bond acceptors (Lipinski definition) is 5. The van der Waals surface area contributed by atoms with Gasteiger partial charge in [0.1, 0.15) is 5.76 Å². The van der Waals surface area contributed by atoms with Crippen LogP contribution >= 0.6 is 0 Å². The second-order valence-electron chi connectivity index (χ2n) is 7.31. The van der Waals surface area contributed by atoms with Gasteiger partial charge >= 0.3 is 0 Å². The molecule has 0 fully saturated rings. The Hall–Kier alpha value is -3.22. The van der Waals surface area contributed by atoms with E-state index in [2.05, 4.69) is 17.1 Å². The average molecular weight is 434 g/mol. The molecule has 4 aromatic rings. The maximum Gasteiger partial charge on any atom is 0.296 e. The molecular weight excluding hydrogens is 410 g/mol. The van der Waals surface area contributed by atoms with Crippen LogP contribution in [0.5, 0.6) is 0 Å². The summed E-state index contributed by atoms with van der Waals surface area (Å²) in [6.45, 7) is 3.71. The molecule has 0 atom stereocenters. The van der Waals surface area contributed by atoms with E-state index in [-0.39, 0.29) is 11.5 Å². The van der Waals surface area contributed by atoms with Crippen LogP contribution in [-0.4, -0.2) is 20.0 Å². The first-order chi connectivity index (χ1) is 14.9. The van der Waals surface area contributed by atoms with E-state index in [4.69, 9.17) is 8.60 Å². The normalized spacial score (nSPS) is 11.5. The van der Waals surface area contributed by atoms with E-state index in [0.717, 1.165) is 22.3 Å². The first-order valence-electron chi connectivity index (χ1n) is 10.0. The molecule has 0 radical (unpaired) electrons. The Bertz CT molecular complexity index is 1280. The lowest BCUT2D eigenvalue weighted by Crippen LogP contribution is -2.09. The quantitative estimate of drug-likeness (QED) is 0.356. The molecule has 5 nitrogen and oxygen atoms in total. The topological polar surface area (TPSA) is 69.4 Å². The molecular formula is C25H23NO4S. The number of hydrogen-bond donors (Lipinski definition) is 0. The Kier molecular flexibility index (Phi) is 6.02. The highest BCUT2D eigenvalue weighted by Gasteiger charge is 2.17. The van der Waals surface area contributed by atoms with Crippen molar-refractivity contribution in [2.45, 2.75) is 25.2 Å². The van der Waals surface area contributed by atoms with Gasteiger partial charge in [-0.15, -0.1) is 0 Å². The van der Waals surface area contributed by atoms with Gasteiger partial charge < -0.3 is 4.42 Å². The summed E-state index contributed by atoms with van der Waals surface area (Å²) in [5.41, 5.74) is 4.72. The minimum atomic E-state index is -3.80. The Labute approximate surface area is 182 Å². The molecule has 1 heterocycles. The van der Waals surface area contributed by atoms with Gasteiger partial charge in [0.2, 0.25) is 5.89 Å². The summed E-state index contributed by atoms with van der Waals surface area (Å²) >= 11 is 0. The van der Waals surface area contributed by atoms with Crippen molar-refractivity contribution in [2.24, 2.45) is 0 Å². The minimum Gasteiger partial charge on any atom is -0.441 e. The minimum absolute atomic E-state index is 0.00687. The maximum atomic E-state index is 12.4. The van der Waals surface area contributed by atoms with Crippen LogP contribution in [0.3, 0.4) is 0 Å². The van der Waals surface area contributed by atoms with E-state index in [1.165, 1.54) is 0 Å². The number of benzene rings is 3. The van der Waals surface area contributed by atoms with Gasteiger partial charge in [0, 0.05) is 12.0 Å².